The molecular formula is C30H32ClN5O3. The quantitative estimate of drug-likeness (QED) is 0.481. The molecule has 8 nitrogen and oxygen atoms in total. The lowest BCUT2D eigenvalue weighted by atomic mass is 9.89. The number of halogens is 1. The van der Waals surface area contributed by atoms with E-state index in [1.807, 2.05) is 29.2 Å². The number of piperidine rings is 1. The number of benzene rings is 2. The number of aromatic nitrogens is 2. The fourth-order valence-electron chi connectivity index (χ4n) is 5.75. The number of ether oxygens (including phenoxy) is 1. The minimum atomic E-state index is -0.134. The predicted molar refractivity (Wildman–Crippen MR) is 150 cm³/mol. The Hall–Kier alpha value is -3.49. The van der Waals surface area contributed by atoms with Gasteiger partial charge in [-0.3, -0.25) is 9.59 Å². The zero-order valence-electron chi connectivity index (χ0n) is 21.8. The minimum Gasteiger partial charge on any atom is -0.381 e. The fourth-order valence-corrected chi connectivity index (χ4v) is 5.95. The third-order valence-electron chi connectivity index (χ3n) is 8.01. The van der Waals surface area contributed by atoms with Gasteiger partial charge >= 0.3 is 0 Å². The van der Waals surface area contributed by atoms with Crippen molar-refractivity contribution in [2.24, 2.45) is 0 Å². The Labute approximate surface area is 233 Å². The van der Waals surface area contributed by atoms with E-state index < -0.39 is 0 Å². The Balaban J connectivity index is 1.10. The van der Waals surface area contributed by atoms with Gasteiger partial charge in [0, 0.05) is 50.0 Å². The van der Waals surface area contributed by atoms with E-state index in [9.17, 15) is 9.59 Å². The average molecular weight is 546 g/mol. The first-order valence-electron chi connectivity index (χ1n) is 13.7. The summed E-state index contributed by atoms with van der Waals surface area (Å²) in [5.41, 5.74) is 4.16. The fraction of sp³-hybridized carbons (Fsp3) is 0.400. The Morgan fingerprint density at radius 2 is 1.82 bits per heavy atom. The average Bonchev–Trinajstić information content (AvgIpc) is 3.29. The molecule has 4 heterocycles. The van der Waals surface area contributed by atoms with Crippen LogP contribution in [0.25, 0.3) is 11.3 Å². The van der Waals surface area contributed by atoms with Crippen LogP contribution in [0.15, 0.2) is 54.7 Å². The molecule has 1 aromatic heterocycles. The first-order chi connectivity index (χ1) is 19.0. The maximum absolute atomic E-state index is 13.3. The van der Waals surface area contributed by atoms with Gasteiger partial charge < -0.3 is 19.9 Å². The van der Waals surface area contributed by atoms with Gasteiger partial charge in [-0.15, -0.1) is 0 Å². The van der Waals surface area contributed by atoms with Crippen molar-refractivity contribution < 1.29 is 14.3 Å². The monoisotopic (exact) mass is 545 g/mol. The van der Waals surface area contributed by atoms with Crippen molar-refractivity contribution in [1.29, 1.82) is 0 Å². The van der Waals surface area contributed by atoms with Crippen LogP contribution in [0.3, 0.4) is 0 Å². The van der Waals surface area contributed by atoms with E-state index in [-0.39, 0.29) is 24.4 Å². The lowest BCUT2D eigenvalue weighted by molar-refractivity contribution is -0.133. The molecule has 6 rings (SSSR count). The van der Waals surface area contributed by atoms with Crippen LogP contribution < -0.4 is 5.32 Å². The molecule has 3 aromatic rings. The Morgan fingerprint density at radius 1 is 1.05 bits per heavy atom. The summed E-state index contributed by atoms with van der Waals surface area (Å²) in [4.78, 5) is 39.0. The van der Waals surface area contributed by atoms with Crippen LogP contribution >= 0.6 is 11.6 Å². The highest BCUT2D eigenvalue weighted by Gasteiger charge is 2.32. The molecule has 39 heavy (non-hydrogen) atoms. The van der Waals surface area contributed by atoms with Crippen molar-refractivity contribution in [1.82, 2.24) is 19.8 Å². The van der Waals surface area contributed by atoms with Crippen LogP contribution in [0, 0.1) is 0 Å². The summed E-state index contributed by atoms with van der Waals surface area (Å²) >= 11 is 6.48. The van der Waals surface area contributed by atoms with Crippen molar-refractivity contribution in [2.45, 2.75) is 44.2 Å². The van der Waals surface area contributed by atoms with Crippen LogP contribution in [0.1, 0.15) is 53.1 Å². The van der Waals surface area contributed by atoms with Gasteiger partial charge in [0.2, 0.25) is 11.9 Å². The van der Waals surface area contributed by atoms with Crippen molar-refractivity contribution in [3.05, 3.63) is 76.4 Å². The lowest BCUT2D eigenvalue weighted by Gasteiger charge is -2.33. The molecule has 0 bridgehead atoms. The third kappa shape index (κ3) is 5.63. The van der Waals surface area contributed by atoms with Gasteiger partial charge in [-0.25, -0.2) is 9.97 Å². The molecule has 0 aliphatic carbocycles. The SMILES string of the molecule is O=C(CN1Cc2ccc(-c3nc(NC4CCOCC4)ncc3Cl)cc2C1=O)N1CCC(c2ccccc2)CC1. The molecule has 0 saturated carbocycles. The standard InChI is InChI=1S/C30H32ClN5O3/c31-26-17-32-30(33-24-10-14-39-15-11-24)34-28(26)22-6-7-23-18-36(29(38)25(23)16-22)19-27(37)35-12-8-21(9-13-35)20-4-2-1-3-5-20/h1-7,16-17,21,24H,8-15,18-19H2,(H,32,33,34). The second kappa shape index (κ2) is 11.3. The summed E-state index contributed by atoms with van der Waals surface area (Å²) in [6.45, 7) is 3.38. The number of hydrogen-bond acceptors (Lipinski definition) is 6. The van der Waals surface area contributed by atoms with Crippen LogP contribution in [0.4, 0.5) is 5.95 Å². The highest BCUT2D eigenvalue weighted by atomic mass is 35.5. The number of carbonyl (C=O) groups is 2. The van der Waals surface area contributed by atoms with Gasteiger partial charge in [0.05, 0.1) is 16.9 Å². The summed E-state index contributed by atoms with van der Waals surface area (Å²) < 4.78 is 5.43. The van der Waals surface area contributed by atoms with Gasteiger partial charge in [0.25, 0.3) is 5.91 Å². The lowest BCUT2D eigenvalue weighted by Crippen LogP contribution is -2.44. The van der Waals surface area contributed by atoms with Crippen LogP contribution in [-0.4, -0.2) is 70.5 Å². The zero-order valence-corrected chi connectivity index (χ0v) is 22.6. The first kappa shape index (κ1) is 25.8. The maximum Gasteiger partial charge on any atom is 0.254 e. The Bertz CT molecular complexity index is 1350. The van der Waals surface area contributed by atoms with E-state index in [2.05, 4.69) is 39.6 Å². The van der Waals surface area contributed by atoms with Gasteiger partial charge in [0.1, 0.15) is 6.54 Å². The molecule has 9 heteroatoms. The third-order valence-corrected chi connectivity index (χ3v) is 8.28. The summed E-state index contributed by atoms with van der Waals surface area (Å²) in [7, 11) is 0. The zero-order chi connectivity index (χ0) is 26.8. The Kier molecular flexibility index (Phi) is 7.48. The van der Waals surface area contributed by atoms with E-state index in [1.165, 1.54) is 5.56 Å². The highest BCUT2D eigenvalue weighted by Crippen LogP contribution is 2.32. The molecule has 0 unspecified atom stereocenters. The van der Waals surface area contributed by atoms with E-state index in [0.29, 0.717) is 47.8 Å². The van der Waals surface area contributed by atoms with Crippen molar-refractivity contribution in [2.75, 3.05) is 38.2 Å². The molecule has 0 radical (unpaired) electrons. The molecule has 3 aliphatic rings. The normalized spacial score (nSPS) is 18.3. The number of anilines is 1. The van der Waals surface area contributed by atoms with Gasteiger partial charge in [-0.05, 0) is 48.8 Å². The maximum atomic E-state index is 13.3. The number of fused-ring (bicyclic) bond motifs is 1. The van der Waals surface area contributed by atoms with Crippen molar-refractivity contribution >= 4 is 29.4 Å². The van der Waals surface area contributed by atoms with E-state index in [0.717, 1.165) is 50.0 Å². The molecule has 2 aromatic carbocycles. The molecule has 2 saturated heterocycles. The summed E-state index contributed by atoms with van der Waals surface area (Å²) in [5, 5.41) is 3.79. The summed E-state index contributed by atoms with van der Waals surface area (Å²) in [6, 6.07) is 16.4. The molecule has 202 valence electrons. The van der Waals surface area contributed by atoms with E-state index >= 15 is 0 Å². The minimum absolute atomic E-state index is 0.00515. The van der Waals surface area contributed by atoms with Crippen molar-refractivity contribution in [3.63, 3.8) is 0 Å². The second-order valence-electron chi connectivity index (χ2n) is 10.5. The number of likely N-dealkylation sites (tertiary alicyclic amines) is 1. The van der Waals surface area contributed by atoms with Crippen LogP contribution in [0.5, 0.6) is 0 Å². The Morgan fingerprint density at radius 3 is 2.59 bits per heavy atom. The first-order valence-corrected chi connectivity index (χ1v) is 14.0. The molecule has 0 spiro atoms. The number of hydrogen-bond donors (Lipinski definition) is 1. The number of nitrogens with one attached hydrogen (secondary N) is 1. The molecule has 1 N–H and O–H groups in total. The van der Waals surface area contributed by atoms with Gasteiger partial charge in [0.15, 0.2) is 0 Å². The van der Waals surface area contributed by atoms with Gasteiger partial charge in [-0.2, -0.15) is 0 Å². The molecule has 2 fully saturated rings. The summed E-state index contributed by atoms with van der Waals surface area (Å²) in [6.07, 6.45) is 5.27. The number of nitrogens with zero attached hydrogens (tertiary/aromatic N) is 4. The van der Waals surface area contributed by atoms with E-state index in [4.69, 9.17) is 16.3 Å². The van der Waals surface area contributed by atoms with Gasteiger partial charge in [-0.1, -0.05) is 54.1 Å². The molecule has 2 amide bonds. The topological polar surface area (TPSA) is 87.7 Å². The largest absolute Gasteiger partial charge is 0.381 e. The van der Waals surface area contributed by atoms with Crippen molar-refractivity contribution in [3.8, 4) is 11.3 Å². The number of rotatable bonds is 6. The molecule has 0 atom stereocenters. The second-order valence-corrected chi connectivity index (χ2v) is 10.9. The molecular weight excluding hydrogens is 514 g/mol. The van der Waals surface area contributed by atoms with Crippen LogP contribution in [0.2, 0.25) is 5.02 Å². The highest BCUT2D eigenvalue weighted by molar-refractivity contribution is 6.33. The predicted octanol–water partition coefficient (Wildman–Crippen LogP) is 4.75. The smallest absolute Gasteiger partial charge is 0.254 e. The summed E-state index contributed by atoms with van der Waals surface area (Å²) in [5.74, 6) is 0.861. The number of amides is 2. The van der Waals surface area contributed by atoms with E-state index in [1.54, 1.807) is 11.1 Å². The number of carbonyl (C=O) groups excluding carboxylic acids is 2. The van der Waals surface area contributed by atoms with Crippen LogP contribution in [-0.2, 0) is 16.1 Å². The molecule has 3 aliphatic heterocycles.